The predicted molar refractivity (Wildman–Crippen MR) is 229 cm³/mol. The van der Waals surface area contributed by atoms with Crippen molar-refractivity contribution in [1.29, 1.82) is 0 Å². The van der Waals surface area contributed by atoms with E-state index >= 15 is 0 Å². The van der Waals surface area contributed by atoms with Gasteiger partial charge in [0.1, 0.15) is 0 Å². The number of hydrogen-bond donors (Lipinski definition) is 0. The van der Waals surface area contributed by atoms with E-state index in [0.29, 0.717) is 12.1 Å². The van der Waals surface area contributed by atoms with Crippen LogP contribution in [0.15, 0.2) is 0 Å². The molecule has 2 nitrogen and oxygen atoms in total. The second-order valence-corrected chi connectivity index (χ2v) is 17.2. The van der Waals surface area contributed by atoms with E-state index in [1.807, 2.05) is 0 Å². The molecule has 0 rings (SSSR count). The molecule has 2 heteroatoms. The highest BCUT2D eigenvalue weighted by molar-refractivity contribution is 4.65. The molecule has 0 atom stereocenters. The quantitative estimate of drug-likeness (QED) is 0.0586. The highest BCUT2D eigenvalue weighted by Crippen LogP contribution is 2.26. The molecule has 0 aromatic heterocycles. The van der Waals surface area contributed by atoms with Crippen LogP contribution in [0.25, 0.3) is 0 Å². The average Bonchev–Trinajstić information content (AvgIpc) is 3.11. The van der Waals surface area contributed by atoms with Gasteiger partial charge in [-0.2, -0.15) is 0 Å². The Hall–Kier alpha value is -0.0800. The van der Waals surface area contributed by atoms with E-state index in [4.69, 9.17) is 4.74 Å². The Morgan fingerprint density at radius 2 is 0.640 bits per heavy atom. The third kappa shape index (κ3) is 35.0. The van der Waals surface area contributed by atoms with Gasteiger partial charge < -0.3 is 9.64 Å². The maximum absolute atomic E-state index is 6.55. The van der Waals surface area contributed by atoms with Gasteiger partial charge in [-0.1, -0.05) is 233 Å². The highest BCUT2D eigenvalue weighted by atomic mass is 16.5. The monoisotopic (exact) mass is 706 g/mol. The number of nitrogens with zero attached hydrogens (tertiary/aromatic N) is 1. The van der Waals surface area contributed by atoms with Crippen LogP contribution >= 0.6 is 0 Å². The smallest absolute Gasteiger partial charge is 0.0575 e. The molecular formula is C48H99NO. The van der Waals surface area contributed by atoms with Gasteiger partial charge in [0, 0.05) is 19.2 Å². The summed E-state index contributed by atoms with van der Waals surface area (Å²) in [5.41, 5.74) is 0. The van der Waals surface area contributed by atoms with Crippen molar-refractivity contribution >= 4 is 0 Å². The molecule has 0 unspecified atom stereocenters. The first-order valence-corrected chi connectivity index (χ1v) is 23.8. The van der Waals surface area contributed by atoms with Crippen molar-refractivity contribution < 1.29 is 4.74 Å². The van der Waals surface area contributed by atoms with Gasteiger partial charge in [-0.15, -0.1) is 0 Å². The van der Waals surface area contributed by atoms with Gasteiger partial charge in [-0.3, -0.25) is 0 Å². The van der Waals surface area contributed by atoms with Crippen molar-refractivity contribution in [3.63, 3.8) is 0 Å². The SMILES string of the molecule is CCCCCC(CCCCC)CCCCCCCCCC(CCCCCCCCCC(CCCCC)CCCCC)OCCCN(C)C(C)C. The zero-order chi connectivity index (χ0) is 36.8. The molecule has 0 amide bonds. The zero-order valence-electron chi connectivity index (χ0n) is 36.3. The summed E-state index contributed by atoms with van der Waals surface area (Å²) in [4.78, 5) is 2.45. The van der Waals surface area contributed by atoms with Crippen molar-refractivity contribution in [1.82, 2.24) is 4.90 Å². The maximum atomic E-state index is 6.55. The number of ether oxygens (including phenoxy) is 1. The lowest BCUT2D eigenvalue weighted by Crippen LogP contribution is -2.28. The Balaban J connectivity index is 4.23. The van der Waals surface area contributed by atoms with Crippen molar-refractivity contribution in [2.75, 3.05) is 20.2 Å². The molecule has 0 fully saturated rings. The minimum atomic E-state index is 0.494. The lowest BCUT2D eigenvalue weighted by molar-refractivity contribution is 0.0325. The Kier molecular flexibility index (Phi) is 40.0. The van der Waals surface area contributed by atoms with Crippen LogP contribution in [0.2, 0.25) is 0 Å². The van der Waals surface area contributed by atoms with Crippen LogP contribution in [-0.4, -0.2) is 37.2 Å². The molecule has 0 saturated heterocycles. The van der Waals surface area contributed by atoms with Gasteiger partial charge in [0.25, 0.3) is 0 Å². The minimum Gasteiger partial charge on any atom is -0.378 e. The van der Waals surface area contributed by atoms with Gasteiger partial charge in [-0.25, -0.2) is 0 Å². The second-order valence-electron chi connectivity index (χ2n) is 17.2. The molecule has 0 N–H and O–H groups in total. The minimum absolute atomic E-state index is 0.494. The largest absolute Gasteiger partial charge is 0.378 e. The van der Waals surface area contributed by atoms with E-state index in [9.17, 15) is 0 Å². The molecule has 0 heterocycles. The molecule has 0 radical (unpaired) electrons. The molecular weight excluding hydrogens is 607 g/mol. The number of unbranched alkanes of at least 4 members (excludes halogenated alkanes) is 20. The van der Waals surface area contributed by atoms with Crippen LogP contribution in [0.1, 0.15) is 266 Å². The molecule has 0 aliphatic rings. The van der Waals surface area contributed by atoms with Crippen molar-refractivity contribution in [3.8, 4) is 0 Å². The van der Waals surface area contributed by atoms with Crippen LogP contribution < -0.4 is 0 Å². The zero-order valence-corrected chi connectivity index (χ0v) is 36.3. The summed E-state index contributed by atoms with van der Waals surface area (Å²) in [6, 6.07) is 0.627. The molecule has 0 aliphatic carbocycles. The number of rotatable bonds is 42. The van der Waals surface area contributed by atoms with E-state index in [2.05, 4.69) is 53.5 Å². The van der Waals surface area contributed by atoms with Gasteiger partial charge in [0.05, 0.1) is 6.10 Å². The summed E-state index contributed by atoms with van der Waals surface area (Å²) < 4.78 is 6.55. The molecule has 50 heavy (non-hydrogen) atoms. The van der Waals surface area contributed by atoms with Gasteiger partial charge in [0.2, 0.25) is 0 Å². The fraction of sp³-hybridized carbons (Fsp3) is 1.00. The van der Waals surface area contributed by atoms with Crippen molar-refractivity contribution in [2.24, 2.45) is 11.8 Å². The lowest BCUT2D eigenvalue weighted by Gasteiger charge is -2.22. The summed E-state index contributed by atoms with van der Waals surface area (Å²) >= 11 is 0. The molecule has 0 aromatic carbocycles. The van der Waals surface area contributed by atoms with Gasteiger partial charge >= 0.3 is 0 Å². The Morgan fingerprint density at radius 3 is 0.940 bits per heavy atom. The number of hydrogen-bond acceptors (Lipinski definition) is 2. The third-order valence-corrected chi connectivity index (χ3v) is 12.0. The summed E-state index contributed by atoms with van der Waals surface area (Å²) in [5.74, 6) is 2.03. The first kappa shape index (κ1) is 49.9. The van der Waals surface area contributed by atoms with Crippen LogP contribution in [0.3, 0.4) is 0 Å². The highest BCUT2D eigenvalue weighted by Gasteiger charge is 2.12. The summed E-state index contributed by atoms with van der Waals surface area (Å²) in [5, 5.41) is 0. The van der Waals surface area contributed by atoms with Crippen LogP contribution in [0.4, 0.5) is 0 Å². The van der Waals surface area contributed by atoms with Gasteiger partial charge in [-0.05, 0) is 52.0 Å². The normalized spacial score (nSPS) is 12.2. The van der Waals surface area contributed by atoms with Crippen molar-refractivity contribution in [3.05, 3.63) is 0 Å². The Labute approximate surface area is 319 Å². The van der Waals surface area contributed by atoms with E-state index in [1.165, 1.54) is 225 Å². The summed E-state index contributed by atoms with van der Waals surface area (Å²) in [6.07, 6.45) is 50.4. The van der Waals surface area contributed by atoms with Crippen LogP contribution in [-0.2, 0) is 4.74 Å². The summed E-state index contributed by atoms with van der Waals surface area (Å²) in [7, 11) is 2.25. The van der Waals surface area contributed by atoms with Crippen molar-refractivity contribution in [2.45, 2.75) is 278 Å². The Morgan fingerprint density at radius 1 is 0.360 bits per heavy atom. The molecule has 302 valence electrons. The molecule has 0 aromatic rings. The fourth-order valence-corrected chi connectivity index (χ4v) is 8.11. The Bertz CT molecular complexity index is 557. The van der Waals surface area contributed by atoms with Crippen LogP contribution in [0.5, 0.6) is 0 Å². The maximum Gasteiger partial charge on any atom is 0.0575 e. The topological polar surface area (TPSA) is 12.5 Å². The summed E-state index contributed by atoms with van der Waals surface area (Å²) in [6.45, 7) is 16.1. The molecule has 0 saturated carbocycles. The van der Waals surface area contributed by atoms with Gasteiger partial charge in [0.15, 0.2) is 0 Å². The first-order valence-electron chi connectivity index (χ1n) is 23.8. The molecule has 0 bridgehead atoms. The van der Waals surface area contributed by atoms with E-state index in [-0.39, 0.29) is 0 Å². The average molecular weight is 706 g/mol. The van der Waals surface area contributed by atoms with Crippen LogP contribution in [0, 0.1) is 11.8 Å². The van der Waals surface area contributed by atoms with E-state index in [1.54, 1.807) is 0 Å². The lowest BCUT2D eigenvalue weighted by atomic mass is 9.90. The third-order valence-electron chi connectivity index (χ3n) is 12.0. The van der Waals surface area contributed by atoms with E-state index in [0.717, 1.165) is 25.0 Å². The second kappa shape index (κ2) is 40.1. The fourth-order valence-electron chi connectivity index (χ4n) is 8.11. The van der Waals surface area contributed by atoms with E-state index < -0.39 is 0 Å². The standard InChI is InChI=1S/C48H99NO/c1-8-12-26-35-46(36-27-13-9-2)39-30-22-18-16-20-24-32-41-48(50-44-34-43-49(7)45(5)6)42-33-25-21-17-19-23-31-40-47(37-28-14-10-3)38-29-15-11-4/h45-48H,8-44H2,1-7H3. The predicted octanol–water partition coefficient (Wildman–Crippen LogP) is 16.7. The molecule has 0 spiro atoms. The molecule has 0 aliphatic heterocycles. The first-order chi connectivity index (χ1) is 24.5.